The summed E-state index contributed by atoms with van der Waals surface area (Å²) in [6, 6.07) is 14.5. The Morgan fingerprint density at radius 3 is 2.04 bits per heavy atom. The summed E-state index contributed by atoms with van der Waals surface area (Å²) in [5.41, 5.74) is -0.562. The van der Waals surface area contributed by atoms with Gasteiger partial charge in [-0.25, -0.2) is 0 Å². The number of carbonyl (C=O) groups excluding carboxylic acids is 1. The van der Waals surface area contributed by atoms with Gasteiger partial charge in [-0.15, -0.1) is 0 Å². The zero-order valence-corrected chi connectivity index (χ0v) is 15.5. The number of halogens is 1. The van der Waals surface area contributed by atoms with Crippen LogP contribution in [0.4, 0.5) is 0 Å². The van der Waals surface area contributed by atoms with Crippen molar-refractivity contribution in [2.45, 2.75) is 27.2 Å². The summed E-state index contributed by atoms with van der Waals surface area (Å²) >= 11 is 5.85. The molecule has 0 heterocycles. The fraction of sp³-hybridized carbons (Fsp3) is 0.350. The van der Waals surface area contributed by atoms with Gasteiger partial charge in [-0.1, -0.05) is 11.6 Å². The van der Waals surface area contributed by atoms with Gasteiger partial charge in [0.2, 0.25) is 0 Å². The second kappa shape index (κ2) is 8.77. The number of hydrogen-bond donors (Lipinski definition) is 0. The predicted octanol–water partition coefficient (Wildman–Crippen LogP) is 5.49. The Hall–Kier alpha value is -2.20. The van der Waals surface area contributed by atoms with E-state index in [1.54, 1.807) is 19.1 Å². The molecule has 0 amide bonds. The Labute approximate surface area is 153 Å². The second-order valence-electron chi connectivity index (χ2n) is 6.23. The van der Waals surface area contributed by atoms with Crippen LogP contribution in [0.1, 0.15) is 27.2 Å². The van der Waals surface area contributed by atoms with Crippen LogP contribution in [0.15, 0.2) is 48.5 Å². The first-order valence-corrected chi connectivity index (χ1v) is 8.62. The molecule has 2 aromatic rings. The second-order valence-corrected chi connectivity index (χ2v) is 6.67. The molecule has 0 atom stereocenters. The smallest absolute Gasteiger partial charge is 0.311 e. The van der Waals surface area contributed by atoms with Gasteiger partial charge in [-0.05, 0) is 75.7 Å². The maximum Gasteiger partial charge on any atom is 0.311 e. The highest BCUT2D eigenvalue weighted by atomic mass is 35.5. The third-order valence-electron chi connectivity index (χ3n) is 3.70. The van der Waals surface area contributed by atoms with Crippen LogP contribution in [-0.2, 0) is 9.53 Å². The average molecular weight is 363 g/mol. The largest absolute Gasteiger partial charge is 0.494 e. The van der Waals surface area contributed by atoms with E-state index in [0.29, 0.717) is 36.2 Å². The monoisotopic (exact) mass is 362 g/mol. The standard InChI is InChI=1S/C20H23ClO4/c1-4-23-19(22)20(2,3)13-14-24-16-9-11-18(12-10-16)25-17-7-5-15(21)6-8-17/h5-12H,4,13-14H2,1-3H3. The van der Waals surface area contributed by atoms with E-state index < -0.39 is 5.41 Å². The lowest BCUT2D eigenvalue weighted by Crippen LogP contribution is -2.28. The quantitative estimate of drug-likeness (QED) is 0.582. The highest BCUT2D eigenvalue weighted by Gasteiger charge is 2.28. The molecule has 2 aromatic carbocycles. The lowest BCUT2D eigenvalue weighted by atomic mass is 9.90. The Morgan fingerprint density at radius 1 is 0.960 bits per heavy atom. The molecule has 5 heteroatoms. The third-order valence-corrected chi connectivity index (χ3v) is 3.95. The van der Waals surface area contributed by atoms with Crippen LogP contribution in [0.3, 0.4) is 0 Å². The van der Waals surface area contributed by atoms with Crippen LogP contribution in [0.5, 0.6) is 17.2 Å². The molecule has 0 saturated heterocycles. The molecule has 0 aliphatic rings. The van der Waals surface area contributed by atoms with E-state index in [4.69, 9.17) is 25.8 Å². The van der Waals surface area contributed by atoms with Crippen molar-refractivity contribution in [1.29, 1.82) is 0 Å². The number of carbonyl (C=O) groups is 1. The molecule has 0 aliphatic carbocycles. The zero-order chi connectivity index (χ0) is 18.3. The van der Waals surface area contributed by atoms with E-state index in [1.807, 2.05) is 50.2 Å². The van der Waals surface area contributed by atoms with E-state index in [9.17, 15) is 4.79 Å². The van der Waals surface area contributed by atoms with Crippen LogP contribution in [0, 0.1) is 5.41 Å². The van der Waals surface area contributed by atoms with Crippen LogP contribution < -0.4 is 9.47 Å². The topological polar surface area (TPSA) is 44.8 Å². The van der Waals surface area contributed by atoms with E-state index in [2.05, 4.69) is 0 Å². The Balaban J connectivity index is 1.84. The van der Waals surface area contributed by atoms with Gasteiger partial charge in [0.1, 0.15) is 17.2 Å². The summed E-state index contributed by atoms with van der Waals surface area (Å²) in [7, 11) is 0. The summed E-state index contributed by atoms with van der Waals surface area (Å²) in [6.45, 7) is 6.34. The minimum absolute atomic E-state index is 0.203. The molecule has 0 N–H and O–H groups in total. The van der Waals surface area contributed by atoms with Crippen molar-refractivity contribution >= 4 is 17.6 Å². The summed E-state index contributed by atoms with van der Waals surface area (Å²) in [5.74, 6) is 1.95. The molecule has 4 nitrogen and oxygen atoms in total. The molecule has 0 spiro atoms. The molecule has 0 bridgehead atoms. The minimum Gasteiger partial charge on any atom is -0.494 e. The number of esters is 1. The third kappa shape index (κ3) is 5.98. The molecule has 0 saturated carbocycles. The number of hydrogen-bond acceptors (Lipinski definition) is 4. The van der Waals surface area contributed by atoms with Crippen LogP contribution in [0.2, 0.25) is 5.02 Å². The Morgan fingerprint density at radius 2 is 1.48 bits per heavy atom. The SMILES string of the molecule is CCOC(=O)C(C)(C)CCOc1ccc(Oc2ccc(Cl)cc2)cc1. The van der Waals surface area contributed by atoms with Crippen LogP contribution >= 0.6 is 11.6 Å². The van der Waals surface area contributed by atoms with Crippen molar-refractivity contribution in [1.82, 2.24) is 0 Å². The predicted molar refractivity (Wildman–Crippen MR) is 98.5 cm³/mol. The van der Waals surface area contributed by atoms with Gasteiger partial charge in [0, 0.05) is 5.02 Å². The van der Waals surface area contributed by atoms with E-state index in [1.165, 1.54) is 0 Å². The highest BCUT2D eigenvalue weighted by Crippen LogP contribution is 2.26. The zero-order valence-electron chi connectivity index (χ0n) is 14.8. The molecule has 0 unspecified atom stereocenters. The van der Waals surface area contributed by atoms with Crippen LogP contribution in [-0.4, -0.2) is 19.2 Å². The van der Waals surface area contributed by atoms with Gasteiger partial charge in [0.25, 0.3) is 0 Å². The number of rotatable bonds is 8. The normalized spacial score (nSPS) is 11.0. The average Bonchev–Trinajstić information content (AvgIpc) is 2.58. The molecule has 0 aromatic heterocycles. The highest BCUT2D eigenvalue weighted by molar-refractivity contribution is 6.30. The van der Waals surface area contributed by atoms with Gasteiger partial charge in [0.05, 0.1) is 18.6 Å². The summed E-state index contributed by atoms with van der Waals surface area (Å²) in [5, 5.41) is 0.668. The van der Waals surface area contributed by atoms with Gasteiger partial charge >= 0.3 is 5.97 Å². The van der Waals surface area contributed by atoms with Crippen molar-refractivity contribution in [3.63, 3.8) is 0 Å². The summed E-state index contributed by atoms with van der Waals surface area (Å²) < 4.78 is 16.5. The van der Waals surface area contributed by atoms with Gasteiger partial charge in [0.15, 0.2) is 0 Å². The molecule has 0 fully saturated rings. The Bertz CT molecular complexity index is 678. The van der Waals surface area contributed by atoms with Gasteiger partial charge in [-0.3, -0.25) is 4.79 Å². The van der Waals surface area contributed by atoms with Gasteiger partial charge in [-0.2, -0.15) is 0 Å². The maximum atomic E-state index is 11.8. The van der Waals surface area contributed by atoms with Crippen molar-refractivity contribution in [2.75, 3.05) is 13.2 Å². The number of benzene rings is 2. The van der Waals surface area contributed by atoms with E-state index in [0.717, 1.165) is 5.75 Å². The van der Waals surface area contributed by atoms with Crippen molar-refractivity contribution in [3.8, 4) is 17.2 Å². The lowest BCUT2D eigenvalue weighted by molar-refractivity contribution is -0.154. The molecular formula is C20H23ClO4. The van der Waals surface area contributed by atoms with Crippen molar-refractivity contribution in [3.05, 3.63) is 53.6 Å². The fourth-order valence-electron chi connectivity index (χ4n) is 2.10. The molecule has 134 valence electrons. The minimum atomic E-state index is -0.562. The first-order valence-electron chi connectivity index (χ1n) is 8.24. The summed E-state index contributed by atoms with van der Waals surface area (Å²) in [6.07, 6.45) is 0.578. The fourth-order valence-corrected chi connectivity index (χ4v) is 2.22. The van der Waals surface area contributed by atoms with Gasteiger partial charge < -0.3 is 14.2 Å². The Kier molecular flexibility index (Phi) is 6.71. The van der Waals surface area contributed by atoms with E-state index in [-0.39, 0.29) is 5.97 Å². The number of ether oxygens (including phenoxy) is 3. The molecule has 0 aliphatic heterocycles. The van der Waals surface area contributed by atoms with E-state index >= 15 is 0 Å². The molecule has 0 radical (unpaired) electrons. The molecular weight excluding hydrogens is 340 g/mol. The van der Waals surface area contributed by atoms with Crippen molar-refractivity contribution < 1.29 is 19.0 Å². The van der Waals surface area contributed by atoms with Crippen LogP contribution in [0.25, 0.3) is 0 Å². The first-order chi connectivity index (χ1) is 11.9. The molecule has 25 heavy (non-hydrogen) atoms. The first kappa shape index (κ1) is 19.1. The maximum absolute atomic E-state index is 11.8. The van der Waals surface area contributed by atoms with Crippen molar-refractivity contribution in [2.24, 2.45) is 5.41 Å². The molecule has 2 rings (SSSR count). The lowest BCUT2D eigenvalue weighted by Gasteiger charge is -2.22. The summed E-state index contributed by atoms with van der Waals surface area (Å²) in [4.78, 5) is 11.8.